The monoisotopic (exact) mass is 433 g/mol. The van der Waals surface area contributed by atoms with E-state index in [9.17, 15) is 22.4 Å². The Morgan fingerprint density at radius 3 is 2.26 bits per heavy atom. The summed E-state index contributed by atoms with van der Waals surface area (Å²) in [6.07, 6.45) is -3.24. The molecule has 0 aliphatic carbocycles. The molecule has 0 aliphatic heterocycles. The third kappa shape index (κ3) is 5.11. The van der Waals surface area contributed by atoms with Crippen molar-refractivity contribution in [1.82, 2.24) is 4.98 Å². The summed E-state index contributed by atoms with van der Waals surface area (Å²) in [4.78, 5) is 16.8. The fraction of sp³-hybridized carbons (Fsp3) is 0.182. The molecule has 0 atom stereocenters. The number of anilines is 3. The molecule has 1 aromatic heterocycles. The summed E-state index contributed by atoms with van der Waals surface area (Å²) in [5.41, 5.74) is 0.724. The van der Waals surface area contributed by atoms with Crippen LogP contribution in [0.15, 0.2) is 48.7 Å². The van der Waals surface area contributed by atoms with Crippen LogP contribution in [0.25, 0.3) is 0 Å². The molecule has 0 unspecified atom stereocenters. The van der Waals surface area contributed by atoms with Gasteiger partial charge in [0.25, 0.3) is 5.91 Å². The standard InChI is InChI=1S/C22H19F4N3O2/c1-12-8-15(23)9-13(2)20(12)29-18-10-14(22(24,25)26)4-6-17(18)21(30)28-16-5-7-19(31-3)27-11-16/h4-11,29H,1-3H3,(H,28,30). The highest BCUT2D eigenvalue weighted by Gasteiger charge is 2.31. The number of nitrogens with one attached hydrogen (secondary N) is 2. The summed E-state index contributed by atoms with van der Waals surface area (Å²) in [7, 11) is 1.44. The molecule has 0 saturated heterocycles. The van der Waals surface area contributed by atoms with Crippen molar-refractivity contribution in [3.8, 4) is 5.88 Å². The van der Waals surface area contributed by atoms with Gasteiger partial charge < -0.3 is 15.4 Å². The predicted octanol–water partition coefficient (Wildman–Crippen LogP) is 5.86. The van der Waals surface area contributed by atoms with E-state index in [1.807, 2.05) is 0 Å². The zero-order chi connectivity index (χ0) is 22.8. The Morgan fingerprint density at radius 1 is 1.03 bits per heavy atom. The minimum atomic E-state index is -4.60. The summed E-state index contributed by atoms with van der Waals surface area (Å²) < 4.78 is 58.4. The number of pyridine rings is 1. The summed E-state index contributed by atoms with van der Waals surface area (Å²) in [5, 5.41) is 5.46. The molecule has 31 heavy (non-hydrogen) atoms. The second-order valence-corrected chi connectivity index (χ2v) is 6.84. The van der Waals surface area contributed by atoms with Gasteiger partial charge in [0.05, 0.1) is 35.8 Å². The average molecular weight is 433 g/mol. The van der Waals surface area contributed by atoms with E-state index in [0.717, 1.165) is 18.2 Å². The lowest BCUT2D eigenvalue weighted by atomic mass is 10.0. The maximum atomic E-state index is 13.6. The summed E-state index contributed by atoms with van der Waals surface area (Å²) in [6.45, 7) is 3.24. The lowest BCUT2D eigenvalue weighted by Gasteiger charge is -2.18. The highest BCUT2D eigenvalue weighted by Crippen LogP contribution is 2.35. The fourth-order valence-electron chi connectivity index (χ4n) is 3.04. The second kappa shape index (κ2) is 8.63. The third-order valence-corrected chi connectivity index (χ3v) is 4.55. The Balaban J connectivity index is 2.00. The molecule has 0 aliphatic rings. The third-order valence-electron chi connectivity index (χ3n) is 4.55. The van der Waals surface area contributed by atoms with Crippen molar-refractivity contribution in [3.05, 3.63) is 76.7 Å². The van der Waals surface area contributed by atoms with Crippen molar-refractivity contribution >= 4 is 23.0 Å². The number of benzene rings is 2. The lowest BCUT2D eigenvalue weighted by Crippen LogP contribution is -2.16. The first kappa shape index (κ1) is 22.1. The Kier molecular flexibility index (Phi) is 6.14. The molecular weight excluding hydrogens is 414 g/mol. The number of amides is 1. The molecule has 0 radical (unpaired) electrons. The number of aromatic nitrogens is 1. The molecular formula is C22H19F4N3O2. The smallest absolute Gasteiger partial charge is 0.416 e. The number of alkyl halides is 3. The zero-order valence-electron chi connectivity index (χ0n) is 16.9. The van der Waals surface area contributed by atoms with Crippen LogP contribution in [0.2, 0.25) is 0 Å². The minimum absolute atomic E-state index is 0.0213. The van der Waals surface area contributed by atoms with Crippen LogP contribution in [0.5, 0.6) is 5.88 Å². The van der Waals surface area contributed by atoms with Gasteiger partial charge in [-0.05, 0) is 61.4 Å². The quantitative estimate of drug-likeness (QED) is 0.495. The van der Waals surface area contributed by atoms with Gasteiger partial charge in [0.15, 0.2) is 0 Å². The van der Waals surface area contributed by atoms with Crippen molar-refractivity contribution in [3.63, 3.8) is 0 Å². The van der Waals surface area contributed by atoms with Gasteiger partial charge in [-0.25, -0.2) is 9.37 Å². The number of ether oxygens (including phenoxy) is 1. The molecule has 5 nitrogen and oxygen atoms in total. The first-order valence-electron chi connectivity index (χ1n) is 9.15. The first-order valence-corrected chi connectivity index (χ1v) is 9.15. The van der Waals surface area contributed by atoms with Crippen molar-refractivity contribution in [1.29, 1.82) is 0 Å². The second-order valence-electron chi connectivity index (χ2n) is 6.84. The van der Waals surface area contributed by atoms with E-state index in [-0.39, 0.29) is 11.3 Å². The van der Waals surface area contributed by atoms with Crippen molar-refractivity contribution in [2.75, 3.05) is 17.7 Å². The van der Waals surface area contributed by atoms with E-state index in [1.165, 1.54) is 31.5 Å². The molecule has 0 fully saturated rings. The van der Waals surface area contributed by atoms with Gasteiger partial charge in [-0.2, -0.15) is 13.2 Å². The van der Waals surface area contributed by atoms with Crippen LogP contribution < -0.4 is 15.4 Å². The van der Waals surface area contributed by atoms with E-state index in [4.69, 9.17) is 4.74 Å². The number of carbonyl (C=O) groups is 1. The highest BCUT2D eigenvalue weighted by molar-refractivity contribution is 6.08. The molecule has 0 bridgehead atoms. The number of nitrogens with zero attached hydrogens (tertiary/aromatic N) is 1. The Bertz CT molecular complexity index is 1090. The molecule has 1 amide bonds. The Labute approximate surface area is 176 Å². The number of carbonyl (C=O) groups excluding carboxylic acids is 1. The van der Waals surface area contributed by atoms with E-state index >= 15 is 0 Å². The van der Waals surface area contributed by atoms with Gasteiger partial charge >= 0.3 is 6.18 Å². The van der Waals surface area contributed by atoms with Crippen molar-refractivity contribution < 1.29 is 27.1 Å². The van der Waals surface area contributed by atoms with E-state index in [1.54, 1.807) is 19.9 Å². The van der Waals surface area contributed by atoms with Crippen LogP contribution in [0, 0.1) is 19.7 Å². The average Bonchev–Trinajstić information content (AvgIpc) is 2.70. The summed E-state index contributed by atoms with van der Waals surface area (Å²) >= 11 is 0. The number of hydrogen-bond acceptors (Lipinski definition) is 4. The summed E-state index contributed by atoms with van der Waals surface area (Å²) in [6, 6.07) is 8.37. The van der Waals surface area contributed by atoms with Crippen LogP contribution in [0.1, 0.15) is 27.0 Å². The minimum Gasteiger partial charge on any atom is -0.481 e. The van der Waals surface area contributed by atoms with E-state index in [2.05, 4.69) is 15.6 Å². The molecule has 1 heterocycles. The molecule has 162 valence electrons. The van der Waals surface area contributed by atoms with Gasteiger partial charge in [-0.1, -0.05) is 0 Å². The predicted molar refractivity (Wildman–Crippen MR) is 109 cm³/mol. The normalized spacial score (nSPS) is 11.2. The molecule has 3 rings (SSSR count). The SMILES string of the molecule is COc1ccc(NC(=O)c2ccc(C(F)(F)F)cc2Nc2c(C)cc(F)cc2C)cn1. The number of aryl methyl sites for hydroxylation is 2. The summed E-state index contributed by atoms with van der Waals surface area (Å²) in [5.74, 6) is -0.757. The van der Waals surface area contributed by atoms with Gasteiger partial charge in [0.2, 0.25) is 5.88 Å². The molecule has 2 aromatic carbocycles. The highest BCUT2D eigenvalue weighted by atomic mass is 19.4. The van der Waals surface area contributed by atoms with Gasteiger partial charge in [0.1, 0.15) is 5.82 Å². The number of methoxy groups -OCH3 is 1. The van der Waals surface area contributed by atoms with Crippen LogP contribution >= 0.6 is 0 Å². The van der Waals surface area contributed by atoms with E-state index in [0.29, 0.717) is 28.4 Å². The molecule has 0 saturated carbocycles. The number of hydrogen-bond donors (Lipinski definition) is 2. The van der Waals surface area contributed by atoms with Crippen LogP contribution in [0.3, 0.4) is 0 Å². The van der Waals surface area contributed by atoms with Crippen LogP contribution in [0.4, 0.5) is 34.6 Å². The zero-order valence-corrected chi connectivity index (χ0v) is 16.9. The van der Waals surface area contributed by atoms with Gasteiger partial charge in [-0.15, -0.1) is 0 Å². The molecule has 3 aromatic rings. The molecule has 9 heteroatoms. The molecule has 2 N–H and O–H groups in total. The first-order chi connectivity index (χ1) is 14.6. The number of halogens is 4. The van der Waals surface area contributed by atoms with Crippen molar-refractivity contribution in [2.45, 2.75) is 20.0 Å². The van der Waals surface area contributed by atoms with Crippen LogP contribution in [-0.4, -0.2) is 18.0 Å². The Hall–Kier alpha value is -3.62. The largest absolute Gasteiger partial charge is 0.481 e. The maximum Gasteiger partial charge on any atom is 0.416 e. The topological polar surface area (TPSA) is 63.2 Å². The van der Waals surface area contributed by atoms with Gasteiger partial charge in [0, 0.05) is 11.8 Å². The van der Waals surface area contributed by atoms with Crippen LogP contribution in [-0.2, 0) is 6.18 Å². The maximum absolute atomic E-state index is 13.6. The Morgan fingerprint density at radius 2 is 1.71 bits per heavy atom. The van der Waals surface area contributed by atoms with Gasteiger partial charge in [-0.3, -0.25) is 4.79 Å². The van der Waals surface area contributed by atoms with E-state index < -0.39 is 23.5 Å². The lowest BCUT2D eigenvalue weighted by molar-refractivity contribution is -0.137. The number of rotatable bonds is 5. The van der Waals surface area contributed by atoms with Crippen molar-refractivity contribution in [2.24, 2.45) is 0 Å². The fourth-order valence-corrected chi connectivity index (χ4v) is 3.04. The molecule has 0 spiro atoms.